The van der Waals surface area contributed by atoms with Crippen molar-refractivity contribution in [1.29, 1.82) is 0 Å². The lowest BCUT2D eigenvalue weighted by atomic mass is 10.3. The first-order valence-corrected chi connectivity index (χ1v) is 9.89. The highest BCUT2D eigenvalue weighted by molar-refractivity contribution is 14.1. The largest absolute Gasteiger partial charge is 0.484 e. The van der Waals surface area contributed by atoms with Crippen molar-refractivity contribution in [2.45, 2.75) is 6.54 Å². The molecule has 2 N–H and O–H groups in total. The van der Waals surface area contributed by atoms with Gasteiger partial charge in [-0.1, -0.05) is 16.8 Å². The van der Waals surface area contributed by atoms with Crippen LogP contribution in [0, 0.1) is 3.57 Å². The molecule has 152 valence electrons. The molecule has 12 heteroatoms. The average molecular weight is 531 g/mol. The standard InChI is InChI=1S/C17H16ClIN6O4/c18-11-1-3-13(4-2-11)28-10-15(26)20-5-6-21-16(27)17-23-14(24-29-17)9-25-8-12(19)7-22-25/h1-4,7-8H,5-6,9-10H2,(H,20,26)(H,21,27). The van der Waals surface area contributed by atoms with Crippen molar-refractivity contribution in [2.24, 2.45) is 0 Å². The molecule has 0 aliphatic carbocycles. The van der Waals surface area contributed by atoms with Crippen LogP contribution in [0.3, 0.4) is 0 Å². The molecule has 10 nitrogen and oxygen atoms in total. The zero-order chi connectivity index (χ0) is 20.6. The molecular formula is C17H16ClIN6O4. The molecule has 0 atom stereocenters. The quantitative estimate of drug-likeness (QED) is 0.317. The Morgan fingerprint density at radius 1 is 1.21 bits per heavy atom. The Balaban J connectivity index is 1.34. The van der Waals surface area contributed by atoms with Gasteiger partial charge in [0.2, 0.25) is 0 Å². The van der Waals surface area contributed by atoms with Crippen molar-refractivity contribution in [1.82, 2.24) is 30.6 Å². The van der Waals surface area contributed by atoms with E-state index >= 15 is 0 Å². The number of halogens is 2. The van der Waals surface area contributed by atoms with E-state index in [-0.39, 0.29) is 31.5 Å². The van der Waals surface area contributed by atoms with Crippen LogP contribution in [0.4, 0.5) is 0 Å². The number of carbonyl (C=O) groups excluding carboxylic acids is 2. The molecule has 3 aromatic rings. The summed E-state index contributed by atoms with van der Waals surface area (Å²) in [6, 6.07) is 6.68. The Labute approximate surface area is 184 Å². The van der Waals surface area contributed by atoms with Crippen LogP contribution in [0.5, 0.6) is 5.75 Å². The van der Waals surface area contributed by atoms with Gasteiger partial charge in [0.05, 0.1) is 9.77 Å². The summed E-state index contributed by atoms with van der Waals surface area (Å²) >= 11 is 7.92. The smallest absolute Gasteiger partial charge is 0.316 e. The second kappa shape index (κ2) is 10.2. The van der Waals surface area contributed by atoms with Crippen molar-refractivity contribution in [2.75, 3.05) is 19.7 Å². The van der Waals surface area contributed by atoms with Gasteiger partial charge in [-0.2, -0.15) is 10.1 Å². The average Bonchev–Trinajstić information content (AvgIpc) is 3.34. The minimum absolute atomic E-state index is 0.144. The zero-order valence-corrected chi connectivity index (χ0v) is 17.9. The van der Waals surface area contributed by atoms with Gasteiger partial charge in [-0.15, -0.1) is 0 Å². The monoisotopic (exact) mass is 530 g/mol. The van der Waals surface area contributed by atoms with Gasteiger partial charge in [0.1, 0.15) is 12.3 Å². The lowest BCUT2D eigenvalue weighted by Crippen LogP contribution is -2.36. The maximum atomic E-state index is 12.0. The number of nitrogens with one attached hydrogen (secondary N) is 2. The van der Waals surface area contributed by atoms with Crippen molar-refractivity contribution >= 4 is 46.0 Å². The Morgan fingerprint density at radius 2 is 1.97 bits per heavy atom. The molecule has 2 amide bonds. The summed E-state index contributed by atoms with van der Waals surface area (Å²) in [6.07, 6.45) is 3.51. The van der Waals surface area contributed by atoms with Crippen LogP contribution in [0.2, 0.25) is 5.02 Å². The molecule has 0 aliphatic heterocycles. The molecule has 3 rings (SSSR count). The van der Waals surface area contributed by atoms with Crippen molar-refractivity contribution in [3.63, 3.8) is 0 Å². The molecule has 0 bridgehead atoms. The van der Waals surface area contributed by atoms with Crippen LogP contribution in [0.25, 0.3) is 0 Å². The van der Waals surface area contributed by atoms with Crippen LogP contribution >= 0.6 is 34.2 Å². The molecule has 29 heavy (non-hydrogen) atoms. The first-order chi connectivity index (χ1) is 14.0. The fraction of sp³-hybridized carbons (Fsp3) is 0.235. The van der Waals surface area contributed by atoms with E-state index < -0.39 is 5.91 Å². The van der Waals surface area contributed by atoms with Gasteiger partial charge in [0.15, 0.2) is 12.4 Å². The summed E-state index contributed by atoms with van der Waals surface area (Å²) < 4.78 is 12.9. The van der Waals surface area contributed by atoms with E-state index in [1.165, 1.54) is 0 Å². The van der Waals surface area contributed by atoms with Gasteiger partial charge >= 0.3 is 11.8 Å². The fourth-order valence-electron chi connectivity index (χ4n) is 2.16. The molecule has 0 unspecified atom stereocenters. The summed E-state index contributed by atoms with van der Waals surface area (Å²) in [5.74, 6) is -0.120. The number of hydrogen-bond acceptors (Lipinski definition) is 7. The molecule has 2 aromatic heterocycles. The minimum atomic E-state index is -0.523. The lowest BCUT2D eigenvalue weighted by molar-refractivity contribution is -0.123. The SMILES string of the molecule is O=C(COc1ccc(Cl)cc1)NCCNC(=O)c1nc(Cn2cc(I)cn2)no1. The van der Waals surface area contributed by atoms with Gasteiger partial charge in [-0.25, -0.2) is 0 Å². The van der Waals surface area contributed by atoms with E-state index in [2.05, 4.69) is 48.5 Å². The first kappa shape index (κ1) is 21.0. The van der Waals surface area contributed by atoms with Crippen LogP contribution in [0.1, 0.15) is 16.5 Å². The fourth-order valence-corrected chi connectivity index (χ4v) is 2.74. The number of aromatic nitrogens is 4. The summed E-state index contributed by atoms with van der Waals surface area (Å²) in [6.45, 7) is 0.570. The van der Waals surface area contributed by atoms with Gasteiger partial charge < -0.3 is 19.9 Å². The third kappa shape index (κ3) is 6.71. The van der Waals surface area contributed by atoms with Gasteiger partial charge in [0.25, 0.3) is 5.91 Å². The molecule has 1 aromatic carbocycles. The summed E-state index contributed by atoms with van der Waals surface area (Å²) in [5.41, 5.74) is 0. The summed E-state index contributed by atoms with van der Waals surface area (Å²) in [5, 5.41) is 13.7. The number of carbonyl (C=O) groups is 2. The Morgan fingerprint density at radius 3 is 2.69 bits per heavy atom. The third-order valence-electron chi connectivity index (χ3n) is 3.48. The van der Waals surface area contributed by atoms with Gasteiger partial charge in [0, 0.05) is 24.3 Å². The zero-order valence-electron chi connectivity index (χ0n) is 15.0. The van der Waals surface area contributed by atoms with Crippen molar-refractivity contribution in [3.05, 3.63) is 57.0 Å². The summed E-state index contributed by atoms with van der Waals surface area (Å²) in [7, 11) is 0. The molecule has 0 spiro atoms. The van der Waals surface area contributed by atoms with Gasteiger partial charge in [-0.05, 0) is 46.9 Å². The molecule has 0 aliphatic rings. The number of nitrogens with zero attached hydrogens (tertiary/aromatic N) is 4. The van der Waals surface area contributed by atoms with E-state index in [4.69, 9.17) is 20.9 Å². The van der Waals surface area contributed by atoms with Crippen molar-refractivity contribution < 1.29 is 18.8 Å². The molecule has 0 saturated carbocycles. The molecular weight excluding hydrogens is 515 g/mol. The minimum Gasteiger partial charge on any atom is -0.484 e. The van der Waals surface area contributed by atoms with Crippen LogP contribution < -0.4 is 15.4 Å². The number of benzene rings is 1. The highest BCUT2D eigenvalue weighted by Gasteiger charge is 2.15. The molecule has 2 heterocycles. The van der Waals surface area contributed by atoms with Crippen molar-refractivity contribution in [3.8, 4) is 5.75 Å². The highest BCUT2D eigenvalue weighted by atomic mass is 127. The summed E-state index contributed by atoms with van der Waals surface area (Å²) in [4.78, 5) is 27.8. The molecule has 0 radical (unpaired) electrons. The maximum Gasteiger partial charge on any atom is 0.316 e. The number of hydrogen-bond donors (Lipinski definition) is 2. The van der Waals surface area contributed by atoms with E-state index in [1.54, 1.807) is 35.1 Å². The predicted octanol–water partition coefficient (Wildman–Crippen LogP) is 1.50. The number of ether oxygens (including phenoxy) is 1. The van der Waals surface area contributed by atoms with Crippen LogP contribution in [-0.4, -0.2) is 51.4 Å². The van der Waals surface area contributed by atoms with Crippen LogP contribution in [-0.2, 0) is 11.3 Å². The lowest BCUT2D eigenvalue weighted by Gasteiger charge is -2.07. The number of amides is 2. The molecule has 0 saturated heterocycles. The maximum absolute atomic E-state index is 12.0. The van der Waals surface area contributed by atoms with E-state index in [0.717, 1.165) is 3.57 Å². The second-order valence-electron chi connectivity index (χ2n) is 5.72. The Hall–Kier alpha value is -2.67. The van der Waals surface area contributed by atoms with E-state index in [0.29, 0.717) is 23.1 Å². The second-order valence-corrected chi connectivity index (χ2v) is 7.40. The molecule has 0 fully saturated rings. The normalized spacial score (nSPS) is 10.6. The highest BCUT2D eigenvalue weighted by Crippen LogP contribution is 2.15. The first-order valence-electron chi connectivity index (χ1n) is 8.43. The van der Waals surface area contributed by atoms with Crippen LogP contribution in [0.15, 0.2) is 41.2 Å². The topological polar surface area (TPSA) is 124 Å². The predicted molar refractivity (Wildman–Crippen MR) is 111 cm³/mol. The number of rotatable bonds is 9. The van der Waals surface area contributed by atoms with E-state index in [9.17, 15) is 9.59 Å². The Kier molecular flexibility index (Phi) is 7.41. The third-order valence-corrected chi connectivity index (χ3v) is 4.29. The van der Waals surface area contributed by atoms with Gasteiger partial charge in [-0.3, -0.25) is 14.3 Å². The van der Waals surface area contributed by atoms with E-state index in [1.807, 2.05) is 6.20 Å². The Bertz CT molecular complexity index is 974.